The summed E-state index contributed by atoms with van der Waals surface area (Å²) in [5, 5.41) is 0. The Hall–Kier alpha value is -2.33. The lowest BCUT2D eigenvalue weighted by molar-refractivity contribution is 0.561. The lowest BCUT2D eigenvalue weighted by atomic mass is 10.2. The van der Waals surface area contributed by atoms with Gasteiger partial charge in [0.2, 0.25) is 0 Å². The molecule has 0 fully saturated rings. The van der Waals surface area contributed by atoms with Gasteiger partial charge in [-0.1, -0.05) is 12.1 Å². The van der Waals surface area contributed by atoms with Crippen molar-refractivity contribution in [1.29, 1.82) is 0 Å². The van der Waals surface area contributed by atoms with Gasteiger partial charge in [0.15, 0.2) is 11.5 Å². The van der Waals surface area contributed by atoms with E-state index in [2.05, 4.69) is 22.0 Å². The molecule has 0 amide bonds. The van der Waals surface area contributed by atoms with E-state index in [1.165, 1.54) is 0 Å². The van der Waals surface area contributed by atoms with Crippen LogP contribution in [0.5, 0.6) is 0 Å². The zero-order valence-corrected chi connectivity index (χ0v) is 11.6. The van der Waals surface area contributed by atoms with Gasteiger partial charge in [-0.3, -0.25) is 0 Å². The summed E-state index contributed by atoms with van der Waals surface area (Å²) in [6.45, 7) is 2.42. The zero-order valence-electron chi connectivity index (χ0n) is 11.6. The normalized spacial score (nSPS) is 10.9. The number of nitrogens with zero attached hydrogens (tertiary/aromatic N) is 2. The molecular formula is C16H17N3O. The Morgan fingerprint density at radius 1 is 1.10 bits per heavy atom. The Kier molecular flexibility index (Phi) is 3.16. The number of fused-ring (bicyclic) bond motifs is 1. The van der Waals surface area contributed by atoms with Crippen LogP contribution in [0.1, 0.15) is 11.5 Å². The molecule has 0 saturated carbocycles. The van der Waals surface area contributed by atoms with Crippen LogP contribution >= 0.6 is 0 Å². The van der Waals surface area contributed by atoms with E-state index in [4.69, 9.17) is 10.2 Å². The Morgan fingerprint density at radius 3 is 2.50 bits per heavy atom. The summed E-state index contributed by atoms with van der Waals surface area (Å²) >= 11 is 0. The predicted molar refractivity (Wildman–Crippen MR) is 81.1 cm³/mol. The number of hydrogen-bond acceptors (Lipinski definition) is 4. The first-order chi connectivity index (χ1) is 9.67. The maximum Gasteiger partial charge on any atom is 0.192 e. The van der Waals surface area contributed by atoms with Crippen LogP contribution in [0.25, 0.3) is 11.1 Å². The minimum absolute atomic E-state index is 0.563. The van der Waals surface area contributed by atoms with Crippen molar-refractivity contribution < 1.29 is 4.42 Å². The van der Waals surface area contributed by atoms with E-state index in [0.717, 1.165) is 28.0 Å². The number of aromatic nitrogens is 1. The number of aryl methyl sites for hydroxylation is 1. The molecule has 2 aromatic carbocycles. The van der Waals surface area contributed by atoms with Crippen LogP contribution in [0, 0.1) is 6.92 Å². The molecular weight excluding hydrogens is 250 g/mol. The summed E-state index contributed by atoms with van der Waals surface area (Å²) in [7, 11) is 2.03. The molecule has 102 valence electrons. The highest BCUT2D eigenvalue weighted by molar-refractivity contribution is 5.79. The largest absolute Gasteiger partial charge is 0.441 e. The molecule has 20 heavy (non-hydrogen) atoms. The molecule has 3 rings (SSSR count). The predicted octanol–water partition coefficient (Wildman–Crippen LogP) is 3.36. The second kappa shape index (κ2) is 4.98. The number of nitrogens with two attached hydrogens (primary N) is 1. The second-order valence-corrected chi connectivity index (χ2v) is 4.81. The molecule has 3 aromatic rings. The van der Waals surface area contributed by atoms with Gasteiger partial charge in [0.05, 0.1) is 0 Å². The second-order valence-electron chi connectivity index (χ2n) is 4.81. The highest BCUT2D eigenvalue weighted by Crippen LogP contribution is 2.27. The first-order valence-corrected chi connectivity index (χ1v) is 6.57. The minimum Gasteiger partial charge on any atom is -0.441 e. The molecule has 4 heteroatoms. The summed E-state index contributed by atoms with van der Waals surface area (Å²) in [5.74, 6) is 0.687. The van der Waals surface area contributed by atoms with Crippen LogP contribution in [0.3, 0.4) is 0 Å². The van der Waals surface area contributed by atoms with Gasteiger partial charge in [-0.2, -0.15) is 0 Å². The third kappa shape index (κ3) is 2.26. The quantitative estimate of drug-likeness (QED) is 0.790. The number of oxazole rings is 1. The fraction of sp³-hybridized carbons (Fsp3) is 0.188. The molecule has 1 heterocycles. The standard InChI is InChI=1S/C16H17N3O/c1-11-18-15-8-7-14(9-16(15)20-11)19(2)13-5-3-12(10-17)4-6-13/h3-9H,10,17H2,1-2H3. The molecule has 0 spiro atoms. The number of rotatable bonds is 3. The molecule has 1 aromatic heterocycles. The molecule has 2 N–H and O–H groups in total. The van der Waals surface area contributed by atoms with Gasteiger partial charge >= 0.3 is 0 Å². The Morgan fingerprint density at radius 2 is 1.80 bits per heavy atom. The molecule has 0 unspecified atom stereocenters. The lowest BCUT2D eigenvalue weighted by Crippen LogP contribution is -2.09. The summed E-state index contributed by atoms with van der Waals surface area (Å²) in [6, 6.07) is 14.3. The first-order valence-electron chi connectivity index (χ1n) is 6.57. The average Bonchev–Trinajstić information content (AvgIpc) is 2.85. The molecule has 0 saturated heterocycles. The van der Waals surface area contributed by atoms with Crippen molar-refractivity contribution in [3.63, 3.8) is 0 Å². The van der Waals surface area contributed by atoms with Crippen LogP contribution in [0.15, 0.2) is 46.9 Å². The molecule has 0 aliphatic heterocycles. The van der Waals surface area contributed by atoms with E-state index in [-0.39, 0.29) is 0 Å². The van der Waals surface area contributed by atoms with E-state index in [1.54, 1.807) is 0 Å². The van der Waals surface area contributed by atoms with Crippen LogP contribution in [0.4, 0.5) is 11.4 Å². The monoisotopic (exact) mass is 267 g/mol. The first kappa shape index (κ1) is 12.7. The Balaban J connectivity index is 1.95. The third-order valence-electron chi connectivity index (χ3n) is 3.43. The van der Waals surface area contributed by atoms with Gasteiger partial charge in [0.1, 0.15) is 5.52 Å². The molecule has 0 bridgehead atoms. The van der Waals surface area contributed by atoms with E-state index in [0.29, 0.717) is 12.4 Å². The minimum atomic E-state index is 0.563. The highest BCUT2D eigenvalue weighted by atomic mass is 16.3. The molecule has 0 aliphatic carbocycles. The van der Waals surface area contributed by atoms with Crippen molar-refractivity contribution in [2.24, 2.45) is 5.73 Å². The van der Waals surface area contributed by atoms with Gasteiger partial charge in [-0.25, -0.2) is 4.98 Å². The average molecular weight is 267 g/mol. The zero-order chi connectivity index (χ0) is 14.1. The van der Waals surface area contributed by atoms with E-state index < -0.39 is 0 Å². The van der Waals surface area contributed by atoms with E-state index >= 15 is 0 Å². The molecule has 4 nitrogen and oxygen atoms in total. The Labute approximate surface area is 117 Å². The smallest absolute Gasteiger partial charge is 0.192 e. The van der Waals surface area contributed by atoms with Crippen LogP contribution in [0.2, 0.25) is 0 Å². The van der Waals surface area contributed by atoms with Gasteiger partial charge in [0.25, 0.3) is 0 Å². The maximum atomic E-state index is 5.62. The maximum absolute atomic E-state index is 5.62. The van der Waals surface area contributed by atoms with E-state index in [9.17, 15) is 0 Å². The summed E-state index contributed by atoms with van der Waals surface area (Å²) < 4.78 is 5.58. The third-order valence-corrected chi connectivity index (χ3v) is 3.43. The fourth-order valence-electron chi connectivity index (χ4n) is 2.24. The summed E-state index contributed by atoms with van der Waals surface area (Å²) in [5.41, 5.74) is 10.6. The van der Waals surface area contributed by atoms with Crippen LogP contribution in [-0.2, 0) is 6.54 Å². The topological polar surface area (TPSA) is 55.3 Å². The number of benzene rings is 2. The van der Waals surface area contributed by atoms with Crippen molar-refractivity contribution in [2.75, 3.05) is 11.9 Å². The van der Waals surface area contributed by atoms with Crippen molar-refractivity contribution in [3.8, 4) is 0 Å². The van der Waals surface area contributed by atoms with E-state index in [1.807, 2.05) is 44.3 Å². The van der Waals surface area contributed by atoms with Crippen molar-refractivity contribution in [3.05, 3.63) is 53.9 Å². The molecule has 0 atom stereocenters. The van der Waals surface area contributed by atoms with Crippen LogP contribution < -0.4 is 10.6 Å². The van der Waals surface area contributed by atoms with Gasteiger partial charge in [0, 0.05) is 38.0 Å². The van der Waals surface area contributed by atoms with Gasteiger partial charge in [-0.15, -0.1) is 0 Å². The number of hydrogen-bond donors (Lipinski definition) is 1. The summed E-state index contributed by atoms with van der Waals surface area (Å²) in [4.78, 5) is 6.42. The van der Waals surface area contributed by atoms with Gasteiger partial charge in [-0.05, 0) is 29.8 Å². The van der Waals surface area contributed by atoms with Crippen LogP contribution in [-0.4, -0.2) is 12.0 Å². The fourth-order valence-corrected chi connectivity index (χ4v) is 2.24. The Bertz CT molecular complexity index is 731. The van der Waals surface area contributed by atoms with Gasteiger partial charge < -0.3 is 15.1 Å². The number of anilines is 2. The highest BCUT2D eigenvalue weighted by Gasteiger charge is 2.08. The lowest BCUT2D eigenvalue weighted by Gasteiger charge is -2.19. The summed E-state index contributed by atoms with van der Waals surface area (Å²) in [6.07, 6.45) is 0. The molecule has 0 aliphatic rings. The van der Waals surface area contributed by atoms with Crippen molar-refractivity contribution in [2.45, 2.75) is 13.5 Å². The molecule has 0 radical (unpaired) electrons. The van der Waals surface area contributed by atoms with Crippen molar-refractivity contribution >= 4 is 22.5 Å². The SMILES string of the molecule is Cc1nc2ccc(N(C)c3ccc(CN)cc3)cc2o1. The van der Waals surface area contributed by atoms with Crippen molar-refractivity contribution in [1.82, 2.24) is 4.98 Å².